The van der Waals surface area contributed by atoms with E-state index < -0.39 is 12.1 Å². The van der Waals surface area contributed by atoms with Crippen LogP contribution in [0.4, 0.5) is 0 Å². The van der Waals surface area contributed by atoms with E-state index in [1.165, 1.54) is 411 Å². The molecule has 0 heterocycles. The Kier molecular flexibility index (Phi) is 78.3. The number of hydrogen-bond acceptors (Lipinski definition) is 5. The lowest BCUT2D eigenvalue weighted by atomic mass is 10.0. The predicted molar refractivity (Wildman–Crippen MR) is 398 cm³/mol. The van der Waals surface area contributed by atoms with Crippen molar-refractivity contribution in [2.24, 2.45) is 0 Å². The van der Waals surface area contributed by atoms with Gasteiger partial charge >= 0.3 is 5.97 Å². The molecule has 6 heteroatoms. The first-order valence-electron chi connectivity index (χ1n) is 41.6. The first-order chi connectivity index (χ1) is 44.5. The van der Waals surface area contributed by atoms with Crippen LogP contribution in [0.25, 0.3) is 0 Å². The van der Waals surface area contributed by atoms with Crippen LogP contribution in [0, 0.1) is 0 Å². The number of carbonyl (C=O) groups is 2. The second-order valence-electron chi connectivity index (χ2n) is 28.8. The van der Waals surface area contributed by atoms with Gasteiger partial charge in [-0.2, -0.15) is 0 Å². The first kappa shape index (κ1) is 88.3. The third kappa shape index (κ3) is 75.4. The van der Waals surface area contributed by atoms with E-state index in [-0.39, 0.29) is 18.5 Å². The minimum absolute atomic E-state index is 0.0273. The summed E-state index contributed by atoms with van der Waals surface area (Å²) in [6.07, 6.45) is 103. The van der Waals surface area contributed by atoms with Gasteiger partial charge in [0.25, 0.3) is 0 Å². The second-order valence-corrected chi connectivity index (χ2v) is 28.8. The van der Waals surface area contributed by atoms with Gasteiger partial charge in [0.15, 0.2) is 0 Å². The van der Waals surface area contributed by atoms with Gasteiger partial charge in [0.1, 0.15) is 0 Å². The summed E-state index contributed by atoms with van der Waals surface area (Å²) < 4.78 is 5.52. The molecule has 3 N–H and O–H groups in total. The molecular formula is C84H163NO5. The van der Waals surface area contributed by atoms with Crippen molar-refractivity contribution in [2.45, 2.75) is 488 Å². The number of rotatable bonds is 79. The van der Waals surface area contributed by atoms with E-state index in [0.29, 0.717) is 19.4 Å². The Labute approximate surface area is 564 Å². The number of nitrogens with one attached hydrogen (secondary N) is 1. The summed E-state index contributed by atoms with van der Waals surface area (Å²) in [6, 6.07) is -0.625. The third-order valence-electron chi connectivity index (χ3n) is 19.7. The third-order valence-corrected chi connectivity index (χ3v) is 19.7. The second kappa shape index (κ2) is 79.8. The SMILES string of the molecule is CCCCCCCCCCCCCCCCC/C=C/C(O)C(CO)NC(=O)CCCCCCCCCCCCCCCCCCC/C=C\CCCCCCCCCCCCCCCCCCCCOC(=O)CCCCCCCCCCCCCCCCCCC. The summed E-state index contributed by atoms with van der Waals surface area (Å²) in [4.78, 5) is 24.6. The number of esters is 1. The zero-order valence-electron chi connectivity index (χ0n) is 61.4. The van der Waals surface area contributed by atoms with Crippen molar-refractivity contribution in [2.75, 3.05) is 13.2 Å². The molecule has 0 aliphatic rings. The number of amides is 1. The zero-order valence-corrected chi connectivity index (χ0v) is 61.4. The highest BCUT2D eigenvalue weighted by Crippen LogP contribution is 2.20. The smallest absolute Gasteiger partial charge is 0.305 e. The van der Waals surface area contributed by atoms with Gasteiger partial charge in [-0.1, -0.05) is 430 Å². The molecule has 534 valence electrons. The van der Waals surface area contributed by atoms with Crippen LogP contribution in [0.1, 0.15) is 476 Å². The number of aliphatic hydroxyl groups is 2. The summed E-state index contributed by atoms with van der Waals surface area (Å²) >= 11 is 0. The van der Waals surface area contributed by atoms with Gasteiger partial charge in [-0.05, 0) is 57.8 Å². The van der Waals surface area contributed by atoms with Crippen LogP contribution in [-0.2, 0) is 14.3 Å². The van der Waals surface area contributed by atoms with Gasteiger partial charge < -0.3 is 20.3 Å². The zero-order chi connectivity index (χ0) is 64.9. The summed E-state index contributed by atoms with van der Waals surface area (Å²) in [5.41, 5.74) is 0. The summed E-state index contributed by atoms with van der Waals surface area (Å²) in [5.74, 6) is -0.0323. The van der Waals surface area contributed by atoms with Crippen LogP contribution in [0.15, 0.2) is 24.3 Å². The van der Waals surface area contributed by atoms with Gasteiger partial charge in [-0.15, -0.1) is 0 Å². The molecule has 2 atom stereocenters. The van der Waals surface area contributed by atoms with Crippen molar-refractivity contribution in [3.8, 4) is 0 Å². The van der Waals surface area contributed by atoms with Crippen LogP contribution in [0.5, 0.6) is 0 Å². The quantitative estimate of drug-likeness (QED) is 0.0320. The lowest BCUT2D eigenvalue weighted by molar-refractivity contribution is -0.143. The normalized spacial score (nSPS) is 12.5. The van der Waals surface area contributed by atoms with Gasteiger partial charge in [-0.25, -0.2) is 0 Å². The van der Waals surface area contributed by atoms with Crippen LogP contribution in [-0.4, -0.2) is 47.4 Å². The van der Waals surface area contributed by atoms with E-state index in [0.717, 1.165) is 38.5 Å². The van der Waals surface area contributed by atoms with E-state index in [1.54, 1.807) is 6.08 Å². The molecule has 0 aromatic heterocycles. The molecule has 2 unspecified atom stereocenters. The fourth-order valence-electron chi connectivity index (χ4n) is 13.4. The van der Waals surface area contributed by atoms with Gasteiger partial charge in [-0.3, -0.25) is 9.59 Å². The van der Waals surface area contributed by atoms with Crippen molar-refractivity contribution in [1.29, 1.82) is 0 Å². The van der Waals surface area contributed by atoms with Crippen molar-refractivity contribution < 1.29 is 24.5 Å². The molecule has 0 saturated heterocycles. The van der Waals surface area contributed by atoms with Gasteiger partial charge in [0.2, 0.25) is 5.91 Å². The molecule has 0 saturated carbocycles. The molecule has 6 nitrogen and oxygen atoms in total. The number of hydrogen-bond donors (Lipinski definition) is 3. The van der Waals surface area contributed by atoms with E-state index in [4.69, 9.17) is 4.74 Å². The number of carbonyl (C=O) groups excluding carboxylic acids is 2. The summed E-state index contributed by atoms with van der Waals surface area (Å²) in [6.45, 7) is 4.96. The Hall–Kier alpha value is -1.66. The molecule has 0 bridgehead atoms. The van der Waals surface area contributed by atoms with Crippen LogP contribution >= 0.6 is 0 Å². The van der Waals surface area contributed by atoms with E-state index in [1.807, 2.05) is 6.08 Å². The molecule has 0 aliphatic carbocycles. The molecule has 0 radical (unpaired) electrons. The highest BCUT2D eigenvalue weighted by Gasteiger charge is 2.18. The maximum absolute atomic E-state index is 12.5. The van der Waals surface area contributed by atoms with Gasteiger partial charge in [0.05, 0.1) is 25.4 Å². The van der Waals surface area contributed by atoms with Crippen molar-refractivity contribution in [3.63, 3.8) is 0 Å². The monoisotopic (exact) mass is 1270 g/mol. The highest BCUT2D eigenvalue weighted by atomic mass is 16.5. The lowest BCUT2D eigenvalue weighted by Gasteiger charge is -2.20. The molecule has 0 rings (SSSR count). The molecule has 1 amide bonds. The minimum Gasteiger partial charge on any atom is -0.466 e. The topological polar surface area (TPSA) is 95.9 Å². The van der Waals surface area contributed by atoms with E-state index in [9.17, 15) is 19.8 Å². The highest BCUT2D eigenvalue weighted by molar-refractivity contribution is 5.76. The summed E-state index contributed by atoms with van der Waals surface area (Å²) in [5, 5.41) is 23.2. The number of aliphatic hydroxyl groups excluding tert-OH is 2. The molecule has 0 fully saturated rings. The van der Waals surface area contributed by atoms with Crippen molar-refractivity contribution in [1.82, 2.24) is 5.32 Å². The fourth-order valence-corrected chi connectivity index (χ4v) is 13.4. The Morgan fingerprint density at radius 2 is 0.522 bits per heavy atom. The Balaban J connectivity index is 3.32. The minimum atomic E-state index is -0.841. The lowest BCUT2D eigenvalue weighted by Crippen LogP contribution is -2.45. The van der Waals surface area contributed by atoms with Crippen molar-refractivity contribution in [3.05, 3.63) is 24.3 Å². The van der Waals surface area contributed by atoms with Crippen LogP contribution in [0.3, 0.4) is 0 Å². The standard InChI is InChI=1S/C84H163NO5/c1-3-5-7-9-11-13-15-17-19-44-48-52-56-60-64-68-72-76-82(87)81(80-86)85-83(88)77-73-69-65-61-57-53-49-46-42-40-38-36-34-32-30-28-26-24-22-21-23-25-27-29-31-33-35-37-39-41-43-47-51-55-59-63-67-71-75-79-90-84(89)78-74-70-66-62-58-54-50-45-20-18-16-14-12-10-8-6-4-2/h21-22,72,76,81-82,86-87H,3-20,23-71,73-75,77-80H2,1-2H3,(H,85,88)/b22-21-,76-72+. The molecule has 0 aromatic carbocycles. The maximum Gasteiger partial charge on any atom is 0.305 e. The molecule has 0 aliphatic heterocycles. The number of ether oxygens (including phenoxy) is 1. The van der Waals surface area contributed by atoms with E-state index in [2.05, 4.69) is 31.3 Å². The molecule has 0 aromatic rings. The first-order valence-corrected chi connectivity index (χ1v) is 41.6. The fraction of sp³-hybridized carbons (Fsp3) is 0.929. The average molecular weight is 1270 g/mol. The van der Waals surface area contributed by atoms with Gasteiger partial charge in [0, 0.05) is 12.8 Å². The number of unbranched alkanes of at least 4 members (excludes halogenated alkanes) is 66. The Morgan fingerprint density at radius 1 is 0.300 bits per heavy atom. The van der Waals surface area contributed by atoms with Crippen molar-refractivity contribution >= 4 is 11.9 Å². The van der Waals surface area contributed by atoms with Crippen LogP contribution in [0.2, 0.25) is 0 Å². The Bertz CT molecular complexity index is 1410. The Morgan fingerprint density at radius 3 is 0.789 bits per heavy atom. The average Bonchev–Trinajstić information content (AvgIpc) is 3.72. The predicted octanol–water partition coefficient (Wildman–Crippen LogP) is 27.6. The largest absolute Gasteiger partial charge is 0.466 e. The maximum atomic E-state index is 12.5. The molecular weight excluding hydrogens is 1100 g/mol. The van der Waals surface area contributed by atoms with E-state index >= 15 is 0 Å². The summed E-state index contributed by atoms with van der Waals surface area (Å²) in [7, 11) is 0. The molecule has 90 heavy (non-hydrogen) atoms. The number of allylic oxidation sites excluding steroid dienone is 3. The molecule has 0 spiro atoms. The van der Waals surface area contributed by atoms with Crippen LogP contribution < -0.4 is 5.32 Å².